The number of halogens is 4. The summed E-state index contributed by atoms with van der Waals surface area (Å²) in [7, 11) is 0. The molecule has 0 spiro atoms. The highest BCUT2D eigenvalue weighted by Crippen LogP contribution is 2.29. The Kier molecular flexibility index (Phi) is 4.78. The smallest absolute Gasteiger partial charge is 0.367 e. The Morgan fingerprint density at radius 1 is 1.33 bits per heavy atom. The van der Waals surface area contributed by atoms with Crippen molar-refractivity contribution in [2.75, 3.05) is 5.32 Å². The highest BCUT2D eigenvalue weighted by Gasteiger charge is 2.33. The van der Waals surface area contributed by atoms with Crippen molar-refractivity contribution in [3.63, 3.8) is 0 Å². The van der Waals surface area contributed by atoms with E-state index in [2.05, 4.69) is 15.3 Å². The van der Waals surface area contributed by atoms with Gasteiger partial charge in [0.2, 0.25) is 5.28 Å². The Labute approximate surface area is 109 Å². The molecule has 3 nitrogen and oxygen atoms in total. The third-order valence-electron chi connectivity index (χ3n) is 2.86. The largest absolute Gasteiger partial charge is 0.433 e. The molecule has 0 saturated heterocycles. The first-order valence-corrected chi connectivity index (χ1v) is 6.00. The zero-order chi connectivity index (χ0) is 13.9. The standard InChI is InChI=1S/C11H15ClF3N3/c1-4-6(2)7(3)16-9-5-8(11(13,14)15)17-10(12)18-9/h5-7H,4H2,1-3H3,(H,16,17,18). The molecule has 18 heavy (non-hydrogen) atoms. The van der Waals surface area contributed by atoms with Crippen LogP contribution in [0.15, 0.2) is 6.07 Å². The van der Waals surface area contributed by atoms with E-state index >= 15 is 0 Å². The van der Waals surface area contributed by atoms with E-state index in [1.165, 1.54) is 0 Å². The summed E-state index contributed by atoms with van der Waals surface area (Å²) < 4.78 is 37.6. The lowest BCUT2D eigenvalue weighted by molar-refractivity contribution is -0.141. The molecule has 0 radical (unpaired) electrons. The maximum Gasteiger partial charge on any atom is 0.433 e. The van der Waals surface area contributed by atoms with E-state index in [1.54, 1.807) is 0 Å². The van der Waals surface area contributed by atoms with Crippen LogP contribution in [0.3, 0.4) is 0 Å². The summed E-state index contributed by atoms with van der Waals surface area (Å²) in [6, 6.07) is 0.868. The van der Waals surface area contributed by atoms with E-state index in [-0.39, 0.29) is 11.9 Å². The van der Waals surface area contributed by atoms with Crippen LogP contribution in [-0.4, -0.2) is 16.0 Å². The molecule has 0 aliphatic rings. The van der Waals surface area contributed by atoms with Gasteiger partial charge in [-0.2, -0.15) is 13.2 Å². The molecule has 7 heteroatoms. The van der Waals surface area contributed by atoms with E-state index < -0.39 is 17.2 Å². The van der Waals surface area contributed by atoms with Gasteiger partial charge >= 0.3 is 6.18 Å². The van der Waals surface area contributed by atoms with Gasteiger partial charge in [-0.15, -0.1) is 0 Å². The van der Waals surface area contributed by atoms with Crippen molar-refractivity contribution in [3.05, 3.63) is 17.0 Å². The normalized spacial score (nSPS) is 15.3. The van der Waals surface area contributed by atoms with Crippen LogP contribution in [0.25, 0.3) is 0 Å². The zero-order valence-electron chi connectivity index (χ0n) is 10.3. The Bertz CT molecular complexity index is 409. The zero-order valence-corrected chi connectivity index (χ0v) is 11.1. The number of rotatable bonds is 4. The van der Waals surface area contributed by atoms with Crippen LogP contribution in [0.4, 0.5) is 19.0 Å². The highest BCUT2D eigenvalue weighted by atomic mass is 35.5. The molecule has 1 aromatic rings. The molecule has 1 aromatic heterocycles. The van der Waals surface area contributed by atoms with Crippen molar-refractivity contribution in [3.8, 4) is 0 Å². The van der Waals surface area contributed by atoms with Crippen LogP contribution in [0.2, 0.25) is 5.28 Å². The maximum atomic E-state index is 12.5. The second-order valence-electron chi connectivity index (χ2n) is 4.22. The Balaban J connectivity index is 2.94. The average molecular weight is 282 g/mol. The van der Waals surface area contributed by atoms with E-state index in [9.17, 15) is 13.2 Å². The molecular formula is C11H15ClF3N3. The van der Waals surface area contributed by atoms with E-state index in [0.717, 1.165) is 12.5 Å². The lowest BCUT2D eigenvalue weighted by Gasteiger charge is -2.20. The van der Waals surface area contributed by atoms with Gasteiger partial charge in [0.15, 0.2) is 5.69 Å². The molecule has 0 aromatic carbocycles. The molecule has 2 atom stereocenters. The highest BCUT2D eigenvalue weighted by molar-refractivity contribution is 6.28. The number of nitrogens with one attached hydrogen (secondary N) is 1. The molecule has 1 rings (SSSR count). The first-order valence-electron chi connectivity index (χ1n) is 5.62. The van der Waals surface area contributed by atoms with Crippen molar-refractivity contribution in [2.45, 2.75) is 39.4 Å². The summed E-state index contributed by atoms with van der Waals surface area (Å²) >= 11 is 5.49. The molecule has 0 saturated carbocycles. The molecule has 102 valence electrons. The average Bonchev–Trinajstić information content (AvgIpc) is 2.25. The predicted molar refractivity (Wildman–Crippen MR) is 64.6 cm³/mol. The van der Waals surface area contributed by atoms with Crippen molar-refractivity contribution < 1.29 is 13.2 Å². The molecule has 0 amide bonds. The van der Waals surface area contributed by atoms with E-state index in [1.807, 2.05) is 20.8 Å². The predicted octanol–water partition coefficient (Wildman–Crippen LogP) is 4.00. The van der Waals surface area contributed by atoms with Crippen LogP contribution >= 0.6 is 11.6 Å². The first kappa shape index (κ1) is 15.0. The molecule has 1 N–H and O–H groups in total. The fourth-order valence-electron chi connectivity index (χ4n) is 1.37. The topological polar surface area (TPSA) is 37.8 Å². The quantitative estimate of drug-likeness (QED) is 0.848. The molecule has 1 heterocycles. The van der Waals surface area contributed by atoms with Gasteiger partial charge in [-0.1, -0.05) is 20.3 Å². The fraction of sp³-hybridized carbons (Fsp3) is 0.636. The van der Waals surface area contributed by atoms with Gasteiger partial charge < -0.3 is 5.32 Å². The van der Waals surface area contributed by atoms with Crippen molar-refractivity contribution >= 4 is 17.4 Å². The summed E-state index contributed by atoms with van der Waals surface area (Å²) in [6.45, 7) is 5.90. The minimum atomic E-state index is -4.53. The minimum absolute atomic E-state index is 0.00190. The van der Waals surface area contributed by atoms with Gasteiger partial charge in [0.1, 0.15) is 5.82 Å². The van der Waals surface area contributed by atoms with Crippen LogP contribution in [0.5, 0.6) is 0 Å². The Morgan fingerprint density at radius 3 is 2.44 bits per heavy atom. The van der Waals surface area contributed by atoms with Crippen LogP contribution in [0, 0.1) is 5.92 Å². The summed E-state index contributed by atoms with van der Waals surface area (Å²) in [5.41, 5.74) is -1.04. The summed E-state index contributed by atoms with van der Waals surface area (Å²) in [6.07, 6.45) is -3.61. The molecule has 2 unspecified atom stereocenters. The molecule has 0 bridgehead atoms. The lowest BCUT2D eigenvalue weighted by Crippen LogP contribution is -2.24. The van der Waals surface area contributed by atoms with Gasteiger partial charge in [-0.25, -0.2) is 9.97 Å². The summed E-state index contributed by atoms with van der Waals surface area (Å²) in [5.74, 6) is 0.406. The molecule has 0 aliphatic heterocycles. The number of anilines is 1. The van der Waals surface area contributed by atoms with Crippen molar-refractivity contribution in [1.82, 2.24) is 9.97 Å². The van der Waals surface area contributed by atoms with E-state index in [4.69, 9.17) is 11.6 Å². The third kappa shape index (κ3) is 4.01. The third-order valence-corrected chi connectivity index (χ3v) is 3.03. The van der Waals surface area contributed by atoms with Gasteiger partial charge in [0.05, 0.1) is 0 Å². The van der Waals surface area contributed by atoms with Gasteiger partial charge in [0.25, 0.3) is 0 Å². The van der Waals surface area contributed by atoms with E-state index in [0.29, 0.717) is 5.92 Å². The number of alkyl halides is 3. The minimum Gasteiger partial charge on any atom is -0.367 e. The van der Waals surface area contributed by atoms with Crippen LogP contribution < -0.4 is 5.32 Å². The Morgan fingerprint density at radius 2 is 1.94 bits per heavy atom. The number of hydrogen-bond donors (Lipinski definition) is 1. The summed E-state index contributed by atoms with van der Waals surface area (Å²) in [5, 5.41) is 2.50. The molecular weight excluding hydrogens is 267 g/mol. The fourth-order valence-corrected chi connectivity index (χ4v) is 1.55. The van der Waals surface area contributed by atoms with Gasteiger partial charge in [-0.05, 0) is 24.4 Å². The Hall–Kier alpha value is -1.04. The van der Waals surface area contributed by atoms with Gasteiger partial charge in [-0.3, -0.25) is 0 Å². The SMILES string of the molecule is CCC(C)C(C)Nc1cc(C(F)(F)F)nc(Cl)n1. The molecule has 0 fully saturated rings. The summed E-state index contributed by atoms with van der Waals surface area (Å²) in [4.78, 5) is 6.91. The second-order valence-corrected chi connectivity index (χ2v) is 4.56. The van der Waals surface area contributed by atoms with Crippen LogP contribution in [0.1, 0.15) is 32.9 Å². The monoisotopic (exact) mass is 281 g/mol. The van der Waals surface area contributed by atoms with Crippen LogP contribution in [-0.2, 0) is 6.18 Å². The second kappa shape index (κ2) is 5.73. The number of nitrogens with zero attached hydrogens (tertiary/aromatic N) is 2. The first-order chi connectivity index (χ1) is 8.24. The number of hydrogen-bond acceptors (Lipinski definition) is 3. The van der Waals surface area contributed by atoms with Crippen molar-refractivity contribution in [2.24, 2.45) is 5.92 Å². The number of aromatic nitrogens is 2. The van der Waals surface area contributed by atoms with Crippen molar-refractivity contribution in [1.29, 1.82) is 0 Å². The lowest BCUT2D eigenvalue weighted by atomic mass is 10.0. The molecule has 0 aliphatic carbocycles. The maximum absolute atomic E-state index is 12.5. The van der Waals surface area contributed by atoms with Gasteiger partial charge in [0, 0.05) is 12.1 Å².